The van der Waals surface area contributed by atoms with Gasteiger partial charge in [-0.15, -0.1) is 11.3 Å². The zero-order valence-corrected chi connectivity index (χ0v) is 23.8. The van der Waals surface area contributed by atoms with Gasteiger partial charge in [-0.3, -0.25) is 9.80 Å². The van der Waals surface area contributed by atoms with Crippen LogP contribution in [-0.2, 0) is 25.9 Å². The Kier molecular flexibility index (Phi) is 8.13. The summed E-state index contributed by atoms with van der Waals surface area (Å²) in [6.07, 6.45) is 13.2. The third kappa shape index (κ3) is 6.80. The number of hydrogen-bond acceptors (Lipinski definition) is 6. The number of likely N-dealkylation sites (tertiary alicyclic amines) is 2. The molecule has 3 aromatic heterocycles. The standard InChI is InChI=1S/C31H41N7S/c1-24-6-17-39-28(24)22-37-14-7-31(8-15-37)9-16-38(23-31)21-25-2-4-27(5-3-25)36-20-26(18-29-32-10-11-33-29)19-30-34-12-13-35-30/h2-6,10-13,17,26,36H,7-9,14-16,18-23H2,1H3,(H,32,33)(H,34,35). The number of nitrogens with zero attached hydrogens (tertiary/aromatic N) is 4. The quantitative estimate of drug-likeness (QED) is 0.233. The number of piperidine rings is 1. The van der Waals surface area contributed by atoms with Gasteiger partial charge in [-0.25, -0.2) is 9.97 Å². The van der Waals surface area contributed by atoms with E-state index in [9.17, 15) is 0 Å². The molecule has 0 bridgehead atoms. The van der Waals surface area contributed by atoms with Crippen LogP contribution in [0.4, 0.5) is 5.69 Å². The molecular formula is C31H41N7S. The monoisotopic (exact) mass is 543 g/mol. The van der Waals surface area contributed by atoms with Gasteiger partial charge in [0.2, 0.25) is 0 Å². The summed E-state index contributed by atoms with van der Waals surface area (Å²) in [5.74, 6) is 2.44. The molecule has 2 saturated heterocycles. The van der Waals surface area contributed by atoms with Crippen LogP contribution >= 0.6 is 11.3 Å². The Morgan fingerprint density at radius 1 is 0.897 bits per heavy atom. The molecular weight excluding hydrogens is 502 g/mol. The topological polar surface area (TPSA) is 75.9 Å². The maximum atomic E-state index is 4.43. The van der Waals surface area contributed by atoms with Gasteiger partial charge in [0.25, 0.3) is 0 Å². The number of rotatable bonds is 11. The van der Waals surface area contributed by atoms with Crippen LogP contribution in [0.1, 0.15) is 46.9 Å². The average molecular weight is 544 g/mol. The average Bonchev–Trinajstić information content (AvgIpc) is 3.77. The smallest absolute Gasteiger partial charge is 0.106 e. The second-order valence-corrected chi connectivity index (χ2v) is 12.7. The van der Waals surface area contributed by atoms with Crippen molar-refractivity contribution in [2.45, 2.75) is 52.1 Å². The van der Waals surface area contributed by atoms with E-state index in [-0.39, 0.29) is 0 Å². The largest absolute Gasteiger partial charge is 0.385 e. The molecule has 1 aromatic carbocycles. The summed E-state index contributed by atoms with van der Waals surface area (Å²) in [7, 11) is 0. The fourth-order valence-electron chi connectivity index (χ4n) is 6.36. The normalized spacial score (nSPS) is 17.9. The molecule has 0 amide bonds. The van der Waals surface area contributed by atoms with Crippen molar-refractivity contribution < 1.29 is 0 Å². The number of aromatic nitrogens is 4. The third-order valence-electron chi connectivity index (χ3n) is 8.80. The number of thiophene rings is 1. The van der Waals surface area contributed by atoms with Crippen molar-refractivity contribution in [3.8, 4) is 0 Å². The van der Waals surface area contributed by atoms with E-state index in [4.69, 9.17) is 0 Å². The zero-order valence-electron chi connectivity index (χ0n) is 23.0. The van der Waals surface area contributed by atoms with Crippen LogP contribution < -0.4 is 5.32 Å². The van der Waals surface area contributed by atoms with Gasteiger partial charge in [0, 0.05) is 74.4 Å². The van der Waals surface area contributed by atoms with Crippen LogP contribution in [0.25, 0.3) is 0 Å². The lowest BCUT2D eigenvalue weighted by atomic mass is 9.78. The minimum absolute atomic E-state index is 0.392. The second kappa shape index (κ2) is 12.1. The first kappa shape index (κ1) is 26.3. The van der Waals surface area contributed by atoms with Gasteiger partial charge in [-0.05, 0) is 91.9 Å². The molecule has 0 aliphatic carbocycles. The molecule has 2 aliphatic heterocycles. The molecule has 2 fully saturated rings. The lowest BCUT2D eigenvalue weighted by Gasteiger charge is -2.39. The molecule has 0 unspecified atom stereocenters. The molecule has 39 heavy (non-hydrogen) atoms. The van der Waals surface area contributed by atoms with Gasteiger partial charge < -0.3 is 15.3 Å². The fourth-order valence-corrected chi connectivity index (χ4v) is 7.30. The minimum Gasteiger partial charge on any atom is -0.385 e. The molecule has 0 saturated carbocycles. The van der Waals surface area contributed by atoms with Gasteiger partial charge in [-0.2, -0.15) is 0 Å². The maximum Gasteiger partial charge on any atom is 0.106 e. The van der Waals surface area contributed by atoms with Crippen molar-refractivity contribution in [2.24, 2.45) is 11.3 Å². The zero-order chi connectivity index (χ0) is 26.5. The number of nitrogens with one attached hydrogen (secondary N) is 3. The van der Waals surface area contributed by atoms with Crippen molar-refractivity contribution in [1.29, 1.82) is 0 Å². The van der Waals surface area contributed by atoms with Gasteiger partial charge in [-0.1, -0.05) is 12.1 Å². The van der Waals surface area contributed by atoms with Gasteiger partial charge in [0.05, 0.1) is 0 Å². The summed E-state index contributed by atoms with van der Waals surface area (Å²) in [5, 5.41) is 5.89. The maximum absolute atomic E-state index is 4.43. The number of aromatic amines is 2. The second-order valence-electron chi connectivity index (χ2n) is 11.7. The van der Waals surface area contributed by atoms with Gasteiger partial charge in [0.15, 0.2) is 0 Å². The highest BCUT2D eigenvalue weighted by Crippen LogP contribution is 2.41. The van der Waals surface area contributed by atoms with E-state index in [0.29, 0.717) is 11.3 Å². The minimum atomic E-state index is 0.392. The highest BCUT2D eigenvalue weighted by atomic mass is 32.1. The SMILES string of the molecule is Cc1ccsc1CN1CCC2(CC1)CCN(Cc1ccc(NCC(Cc3ncc[nH]3)Cc3ncc[nH]3)cc1)C2. The van der Waals surface area contributed by atoms with Crippen LogP contribution in [0.3, 0.4) is 0 Å². The van der Waals surface area contributed by atoms with Gasteiger partial charge in [0.1, 0.15) is 11.6 Å². The van der Waals surface area contributed by atoms with Crippen LogP contribution in [-0.4, -0.2) is 62.5 Å². The Labute approximate surface area is 236 Å². The molecule has 2 aliphatic rings. The Morgan fingerprint density at radius 3 is 2.15 bits per heavy atom. The van der Waals surface area contributed by atoms with Crippen molar-refractivity contribution in [1.82, 2.24) is 29.7 Å². The van der Waals surface area contributed by atoms with Crippen molar-refractivity contribution in [2.75, 3.05) is 38.0 Å². The Hall–Kier alpha value is -2.94. The first-order valence-corrected chi connectivity index (χ1v) is 15.3. The highest BCUT2D eigenvalue weighted by Gasteiger charge is 2.40. The molecule has 6 rings (SSSR count). The summed E-state index contributed by atoms with van der Waals surface area (Å²) in [4.78, 5) is 22.3. The molecule has 7 nitrogen and oxygen atoms in total. The lowest BCUT2D eigenvalue weighted by molar-refractivity contribution is 0.102. The van der Waals surface area contributed by atoms with E-state index < -0.39 is 0 Å². The summed E-state index contributed by atoms with van der Waals surface area (Å²) in [6, 6.07) is 11.3. The van der Waals surface area contributed by atoms with E-state index in [1.807, 2.05) is 36.1 Å². The van der Waals surface area contributed by atoms with E-state index in [0.717, 1.165) is 44.1 Å². The number of hydrogen-bond donors (Lipinski definition) is 3. The number of H-pyrrole nitrogens is 2. The van der Waals surface area contributed by atoms with Crippen LogP contribution in [0, 0.1) is 18.3 Å². The number of benzene rings is 1. The third-order valence-corrected chi connectivity index (χ3v) is 9.81. The van der Waals surface area contributed by atoms with Gasteiger partial charge >= 0.3 is 0 Å². The van der Waals surface area contributed by atoms with Crippen LogP contribution in [0.2, 0.25) is 0 Å². The lowest BCUT2D eigenvalue weighted by Crippen LogP contribution is -2.41. The predicted octanol–water partition coefficient (Wildman–Crippen LogP) is 5.50. The summed E-state index contributed by atoms with van der Waals surface area (Å²) in [6.45, 7) is 10.3. The Bertz CT molecular complexity index is 1230. The number of aryl methyl sites for hydroxylation is 1. The molecule has 4 aromatic rings. The van der Waals surface area contributed by atoms with E-state index >= 15 is 0 Å². The number of imidazole rings is 2. The summed E-state index contributed by atoms with van der Waals surface area (Å²) < 4.78 is 0. The van der Waals surface area contributed by atoms with Crippen molar-refractivity contribution >= 4 is 17.0 Å². The number of anilines is 1. The fraction of sp³-hybridized carbons (Fsp3) is 0.484. The van der Waals surface area contributed by atoms with E-state index in [1.165, 1.54) is 62.3 Å². The first-order chi connectivity index (χ1) is 19.1. The molecule has 8 heteroatoms. The molecule has 206 valence electrons. The van der Waals surface area contributed by atoms with Crippen LogP contribution in [0.15, 0.2) is 60.5 Å². The molecule has 3 N–H and O–H groups in total. The summed E-state index contributed by atoms with van der Waals surface area (Å²) in [5.41, 5.74) is 4.57. The Morgan fingerprint density at radius 2 is 1.56 bits per heavy atom. The molecule has 0 atom stereocenters. The highest BCUT2D eigenvalue weighted by molar-refractivity contribution is 7.10. The van der Waals surface area contributed by atoms with Crippen LogP contribution in [0.5, 0.6) is 0 Å². The first-order valence-electron chi connectivity index (χ1n) is 14.4. The Balaban J connectivity index is 0.971. The van der Waals surface area contributed by atoms with Crippen molar-refractivity contribution in [3.05, 3.63) is 88.2 Å². The van der Waals surface area contributed by atoms with Crippen molar-refractivity contribution in [3.63, 3.8) is 0 Å². The van der Waals surface area contributed by atoms with E-state index in [1.54, 1.807) is 4.88 Å². The molecule has 5 heterocycles. The predicted molar refractivity (Wildman–Crippen MR) is 159 cm³/mol. The summed E-state index contributed by atoms with van der Waals surface area (Å²) >= 11 is 1.91. The molecule has 0 radical (unpaired) electrons. The molecule has 1 spiro atoms. The van der Waals surface area contributed by atoms with E-state index in [2.05, 4.69) is 77.7 Å².